The van der Waals surface area contributed by atoms with Gasteiger partial charge in [0.2, 0.25) is 0 Å². The van der Waals surface area contributed by atoms with Crippen LogP contribution in [0.3, 0.4) is 0 Å². The molecular formula is C23H25ClFNO5. The maximum atomic E-state index is 13.4. The third kappa shape index (κ3) is 6.94. The molecule has 8 heteroatoms. The van der Waals surface area contributed by atoms with Crippen molar-refractivity contribution < 1.29 is 28.6 Å². The number of hydrogen-bond donors (Lipinski definition) is 1. The molecule has 0 heterocycles. The van der Waals surface area contributed by atoms with Crippen LogP contribution in [0, 0.1) is 17.7 Å². The minimum absolute atomic E-state index is 0.236. The molecule has 0 bridgehead atoms. The lowest BCUT2D eigenvalue weighted by atomic mass is 9.83. The summed E-state index contributed by atoms with van der Waals surface area (Å²) in [4.78, 5) is 24.9. The Balaban J connectivity index is 1.57. The van der Waals surface area contributed by atoms with Gasteiger partial charge in [-0.3, -0.25) is 0 Å². The lowest BCUT2D eigenvalue weighted by molar-refractivity contribution is -0.142. The molecule has 0 radical (unpaired) electrons. The van der Waals surface area contributed by atoms with Crippen LogP contribution < -0.4 is 4.90 Å². The summed E-state index contributed by atoms with van der Waals surface area (Å²) in [5.74, 6) is -0.791. The third-order valence-electron chi connectivity index (χ3n) is 5.34. The Kier molecular flexibility index (Phi) is 8.26. The van der Waals surface area contributed by atoms with Gasteiger partial charge in [0, 0.05) is 5.02 Å². The fourth-order valence-electron chi connectivity index (χ4n) is 3.67. The summed E-state index contributed by atoms with van der Waals surface area (Å²) in [5, 5.41) is 9.18. The number of carboxylic acid groups (broad SMARTS) is 1. The van der Waals surface area contributed by atoms with E-state index in [9.17, 15) is 14.0 Å². The first-order valence-electron chi connectivity index (χ1n) is 10.2. The Labute approximate surface area is 185 Å². The molecule has 6 nitrogen and oxygen atoms in total. The summed E-state index contributed by atoms with van der Waals surface area (Å²) in [6, 6.07) is 12.4. The molecule has 1 fully saturated rings. The fourth-order valence-corrected chi connectivity index (χ4v) is 3.80. The molecule has 2 aromatic rings. The minimum Gasteiger partial charge on any atom is -0.480 e. The molecule has 0 spiro atoms. The molecule has 31 heavy (non-hydrogen) atoms. The zero-order valence-corrected chi connectivity index (χ0v) is 17.8. The van der Waals surface area contributed by atoms with E-state index in [1.165, 1.54) is 29.2 Å². The molecule has 0 aliphatic heterocycles. The van der Waals surface area contributed by atoms with Crippen LogP contribution in [0.5, 0.6) is 0 Å². The molecule has 2 aromatic carbocycles. The van der Waals surface area contributed by atoms with Gasteiger partial charge < -0.3 is 14.6 Å². The Morgan fingerprint density at radius 1 is 0.935 bits per heavy atom. The van der Waals surface area contributed by atoms with Gasteiger partial charge in [0.15, 0.2) is 0 Å². The molecule has 3 rings (SSSR count). The van der Waals surface area contributed by atoms with Crippen LogP contribution in [0.25, 0.3) is 0 Å². The number of halogens is 2. The first kappa shape index (κ1) is 23.0. The SMILES string of the molecule is O=C(O)COCC1CCC(COC(=O)N(c2ccc(F)cc2)c2ccc(Cl)cc2)CC1. The molecule has 1 aliphatic carbocycles. The number of ether oxygens (including phenoxy) is 2. The van der Waals surface area contributed by atoms with Gasteiger partial charge in [0.05, 0.1) is 24.6 Å². The standard InChI is InChI=1S/C23H25ClFNO5/c24-18-5-9-20(10-6-18)26(21-11-7-19(25)8-12-21)23(29)31-14-17-3-1-16(2-4-17)13-30-15-22(27)28/h5-12,16-17H,1-4,13-15H2,(H,27,28). The van der Waals surface area contributed by atoms with E-state index in [0.29, 0.717) is 28.9 Å². The lowest BCUT2D eigenvalue weighted by Crippen LogP contribution is -2.30. The molecule has 166 valence electrons. The molecule has 1 N–H and O–H groups in total. The maximum Gasteiger partial charge on any atom is 0.418 e. The number of amides is 1. The van der Waals surface area contributed by atoms with Crippen LogP contribution >= 0.6 is 11.6 Å². The van der Waals surface area contributed by atoms with Crippen LogP contribution in [-0.2, 0) is 14.3 Å². The summed E-state index contributed by atoms with van der Waals surface area (Å²) >= 11 is 5.96. The molecule has 0 saturated heterocycles. The Bertz CT molecular complexity index is 821. The second-order valence-corrected chi connectivity index (χ2v) is 8.10. The molecule has 0 unspecified atom stereocenters. The van der Waals surface area contributed by atoms with Crippen LogP contribution in [0.2, 0.25) is 5.02 Å². The fraction of sp³-hybridized carbons (Fsp3) is 0.391. The van der Waals surface area contributed by atoms with Crippen LogP contribution in [-0.4, -0.2) is 37.0 Å². The average molecular weight is 450 g/mol. The monoisotopic (exact) mass is 449 g/mol. The topological polar surface area (TPSA) is 76.1 Å². The van der Waals surface area contributed by atoms with Crippen molar-refractivity contribution in [2.24, 2.45) is 11.8 Å². The van der Waals surface area contributed by atoms with Crippen molar-refractivity contribution in [2.45, 2.75) is 25.7 Å². The number of nitrogens with zero attached hydrogens (tertiary/aromatic N) is 1. The summed E-state index contributed by atoms with van der Waals surface area (Å²) in [5.41, 5.74) is 1.06. The summed E-state index contributed by atoms with van der Waals surface area (Å²) in [6.07, 6.45) is 3.03. The van der Waals surface area contributed by atoms with Gasteiger partial charge in [-0.1, -0.05) is 11.6 Å². The second kappa shape index (κ2) is 11.1. The number of benzene rings is 2. The van der Waals surface area contributed by atoms with Gasteiger partial charge >= 0.3 is 12.1 Å². The number of carbonyl (C=O) groups is 2. The minimum atomic E-state index is -0.966. The van der Waals surface area contributed by atoms with Gasteiger partial charge in [-0.2, -0.15) is 0 Å². The Morgan fingerprint density at radius 3 is 2.00 bits per heavy atom. The first-order valence-corrected chi connectivity index (χ1v) is 10.6. The number of aliphatic carboxylic acids is 1. The highest BCUT2D eigenvalue weighted by Gasteiger charge is 2.25. The third-order valence-corrected chi connectivity index (χ3v) is 5.59. The van der Waals surface area contributed by atoms with E-state index in [1.54, 1.807) is 24.3 Å². The van der Waals surface area contributed by atoms with Crippen molar-refractivity contribution >= 4 is 35.0 Å². The highest BCUT2D eigenvalue weighted by atomic mass is 35.5. The number of hydrogen-bond acceptors (Lipinski definition) is 4. The smallest absolute Gasteiger partial charge is 0.418 e. The van der Waals surface area contributed by atoms with Crippen molar-refractivity contribution in [1.82, 2.24) is 0 Å². The summed E-state index contributed by atoms with van der Waals surface area (Å²) < 4.78 is 24.2. The van der Waals surface area contributed by atoms with Gasteiger partial charge in [-0.15, -0.1) is 0 Å². The zero-order chi connectivity index (χ0) is 22.2. The molecule has 0 atom stereocenters. The number of carboxylic acids is 1. The van der Waals surface area contributed by atoms with Gasteiger partial charge in [0.25, 0.3) is 0 Å². The highest BCUT2D eigenvalue weighted by molar-refractivity contribution is 6.30. The Hall–Kier alpha value is -2.64. The van der Waals surface area contributed by atoms with Gasteiger partial charge in [-0.25, -0.2) is 18.9 Å². The van der Waals surface area contributed by atoms with Crippen LogP contribution in [0.1, 0.15) is 25.7 Å². The van der Waals surface area contributed by atoms with E-state index in [-0.39, 0.29) is 19.1 Å². The predicted molar refractivity (Wildman–Crippen MR) is 115 cm³/mol. The van der Waals surface area contributed by atoms with Crippen molar-refractivity contribution in [2.75, 3.05) is 24.7 Å². The summed E-state index contributed by atoms with van der Waals surface area (Å²) in [6.45, 7) is 0.446. The van der Waals surface area contributed by atoms with Crippen molar-refractivity contribution in [1.29, 1.82) is 0 Å². The number of rotatable bonds is 8. The Morgan fingerprint density at radius 2 is 1.45 bits per heavy atom. The number of anilines is 2. The summed E-state index contributed by atoms with van der Waals surface area (Å²) in [7, 11) is 0. The van der Waals surface area contributed by atoms with Gasteiger partial charge in [0.1, 0.15) is 12.4 Å². The lowest BCUT2D eigenvalue weighted by Gasteiger charge is -2.29. The molecule has 1 aliphatic rings. The zero-order valence-electron chi connectivity index (χ0n) is 17.0. The average Bonchev–Trinajstić information content (AvgIpc) is 2.76. The second-order valence-electron chi connectivity index (χ2n) is 7.66. The van der Waals surface area contributed by atoms with E-state index in [0.717, 1.165) is 25.7 Å². The normalized spacial score (nSPS) is 18.4. The van der Waals surface area contributed by atoms with Crippen LogP contribution in [0.4, 0.5) is 20.6 Å². The molecular weight excluding hydrogens is 425 g/mol. The maximum absolute atomic E-state index is 13.4. The molecule has 1 amide bonds. The predicted octanol–water partition coefficient (Wildman–Crippen LogP) is 5.66. The van der Waals surface area contributed by atoms with E-state index >= 15 is 0 Å². The van der Waals surface area contributed by atoms with Crippen molar-refractivity contribution in [3.8, 4) is 0 Å². The van der Waals surface area contributed by atoms with E-state index in [4.69, 9.17) is 26.2 Å². The molecule has 0 aromatic heterocycles. The van der Waals surface area contributed by atoms with Crippen molar-refractivity contribution in [3.05, 3.63) is 59.4 Å². The first-order chi connectivity index (χ1) is 14.9. The van der Waals surface area contributed by atoms with Gasteiger partial charge in [-0.05, 0) is 86.1 Å². The largest absolute Gasteiger partial charge is 0.480 e. The molecule has 1 saturated carbocycles. The van der Waals surface area contributed by atoms with Crippen molar-refractivity contribution in [3.63, 3.8) is 0 Å². The van der Waals surface area contributed by atoms with Crippen LogP contribution in [0.15, 0.2) is 48.5 Å². The quantitative estimate of drug-likeness (QED) is 0.562. The highest BCUT2D eigenvalue weighted by Crippen LogP contribution is 2.31. The van der Waals surface area contributed by atoms with E-state index < -0.39 is 17.9 Å². The van der Waals surface area contributed by atoms with E-state index in [2.05, 4.69) is 0 Å². The van der Waals surface area contributed by atoms with E-state index in [1.807, 2.05) is 0 Å². The number of carbonyl (C=O) groups excluding carboxylic acids is 1.